The Labute approximate surface area is 143 Å². The Bertz CT molecular complexity index is 793. The summed E-state index contributed by atoms with van der Waals surface area (Å²) in [6.45, 7) is 3.21. The van der Waals surface area contributed by atoms with Crippen LogP contribution in [0.25, 0.3) is 0 Å². The van der Waals surface area contributed by atoms with Crippen molar-refractivity contribution in [3.8, 4) is 0 Å². The molecule has 24 heavy (non-hydrogen) atoms. The van der Waals surface area contributed by atoms with Crippen LogP contribution < -0.4 is 0 Å². The number of ether oxygens (including phenoxy) is 1. The molecular weight excluding hydrogens is 324 g/mol. The van der Waals surface area contributed by atoms with Gasteiger partial charge in [0.2, 0.25) is 0 Å². The van der Waals surface area contributed by atoms with Gasteiger partial charge in [0.15, 0.2) is 0 Å². The summed E-state index contributed by atoms with van der Waals surface area (Å²) < 4.78 is 38.3. The van der Waals surface area contributed by atoms with Gasteiger partial charge in [0.05, 0.1) is 11.5 Å². The van der Waals surface area contributed by atoms with Crippen LogP contribution in [0, 0.1) is 12.8 Å². The minimum absolute atomic E-state index is 0.0433. The molecule has 1 aliphatic carbocycles. The first-order valence-corrected chi connectivity index (χ1v) is 9.57. The van der Waals surface area contributed by atoms with Gasteiger partial charge in [0.25, 0.3) is 10.1 Å². The van der Waals surface area contributed by atoms with Gasteiger partial charge in [-0.2, -0.15) is 8.42 Å². The van der Waals surface area contributed by atoms with E-state index in [-0.39, 0.29) is 10.8 Å². The topological polar surface area (TPSA) is 63.6 Å². The lowest BCUT2D eigenvalue weighted by Gasteiger charge is -2.36. The number of rotatable bonds is 6. The fraction of sp³-hybridized carbons (Fsp3) is 0.368. The van der Waals surface area contributed by atoms with E-state index in [0.29, 0.717) is 19.1 Å². The van der Waals surface area contributed by atoms with Crippen molar-refractivity contribution in [2.75, 3.05) is 6.61 Å². The molecule has 3 rings (SSSR count). The molecule has 0 aromatic heterocycles. The average molecular weight is 346 g/mol. The molecule has 2 aromatic rings. The summed E-state index contributed by atoms with van der Waals surface area (Å²) in [5, 5.41) is 0. The van der Waals surface area contributed by atoms with E-state index in [2.05, 4.69) is 0 Å². The van der Waals surface area contributed by atoms with E-state index in [1.54, 1.807) is 6.07 Å². The summed E-state index contributed by atoms with van der Waals surface area (Å²) in [6.07, 6.45) is 1.78. The fourth-order valence-electron chi connectivity index (χ4n) is 3.27. The minimum atomic E-state index is -4.17. The lowest BCUT2D eigenvalue weighted by Crippen LogP contribution is -2.27. The minimum Gasteiger partial charge on any atom is -0.376 e. The highest BCUT2D eigenvalue weighted by molar-refractivity contribution is 7.85. The number of hydrogen-bond donors (Lipinski definition) is 1. The van der Waals surface area contributed by atoms with Crippen molar-refractivity contribution >= 4 is 10.1 Å². The van der Waals surface area contributed by atoms with Crippen molar-refractivity contribution in [1.29, 1.82) is 0 Å². The molecule has 0 spiro atoms. The van der Waals surface area contributed by atoms with Crippen LogP contribution in [0.1, 0.15) is 35.4 Å². The fourth-order valence-corrected chi connectivity index (χ4v) is 4.03. The molecular formula is C19H22O4S. The Kier molecular flexibility index (Phi) is 5.04. The van der Waals surface area contributed by atoms with Crippen LogP contribution in [0.15, 0.2) is 53.4 Å². The zero-order valence-electron chi connectivity index (χ0n) is 13.7. The van der Waals surface area contributed by atoms with Crippen molar-refractivity contribution in [2.24, 2.45) is 5.92 Å². The second-order valence-corrected chi connectivity index (χ2v) is 7.94. The van der Waals surface area contributed by atoms with Crippen molar-refractivity contribution < 1.29 is 17.7 Å². The standard InChI is InChI=1S/C19H22O4S/c1-14-7-8-19(24(20,21)22)18(9-14)17-10-16(11-17)13-23-12-15-5-3-2-4-6-15/h2-9,16-17H,10-13H2,1H3,(H,20,21,22)/t16-,17+. The zero-order chi connectivity index (χ0) is 17.2. The lowest BCUT2D eigenvalue weighted by molar-refractivity contribution is 0.0504. The maximum atomic E-state index is 11.6. The van der Waals surface area contributed by atoms with Gasteiger partial charge in [0.1, 0.15) is 0 Å². The Morgan fingerprint density at radius 2 is 1.83 bits per heavy atom. The molecule has 0 bridgehead atoms. The molecule has 0 saturated heterocycles. The average Bonchev–Trinajstić information content (AvgIpc) is 2.49. The van der Waals surface area contributed by atoms with Crippen LogP contribution in [-0.2, 0) is 21.5 Å². The van der Waals surface area contributed by atoms with E-state index in [4.69, 9.17) is 4.74 Å². The molecule has 5 heteroatoms. The maximum absolute atomic E-state index is 11.6. The molecule has 0 unspecified atom stereocenters. The molecule has 1 N–H and O–H groups in total. The highest BCUT2D eigenvalue weighted by atomic mass is 32.2. The van der Waals surface area contributed by atoms with Gasteiger partial charge in [-0.25, -0.2) is 0 Å². The molecule has 2 aromatic carbocycles. The van der Waals surface area contributed by atoms with Crippen LogP contribution in [0.4, 0.5) is 0 Å². The van der Waals surface area contributed by atoms with Gasteiger partial charge in [-0.15, -0.1) is 0 Å². The monoisotopic (exact) mass is 346 g/mol. The predicted molar refractivity (Wildman–Crippen MR) is 92.6 cm³/mol. The van der Waals surface area contributed by atoms with Crippen LogP contribution in [-0.4, -0.2) is 19.6 Å². The first-order valence-electron chi connectivity index (χ1n) is 8.13. The second kappa shape index (κ2) is 7.05. The van der Waals surface area contributed by atoms with Crippen LogP contribution in [0.5, 0.6) is 0 Å². The van der Waals surface area contributed by atoms with Crippen LogP contribution >= 0.6 is 0 Å². The molecule has 128 valence electrons. The lowest BCUT2D eigenvalue weighted by atomic mass is 9.71. The second-order valence-electron chi connectivity index (χ2n) is 6.55. The third-order valence-electron chi connectivity index (χ3n) is 4.58. The third-order valence-corrected chi connectivity index (χ3v) is 5.51. The number of aryl methyl sites for hydroxylation is 1. The molecule has 0 heterocycles. The number of hydrogen-bond acceptors (Lipinski definition) is 3. The van der Waals surface area contributed by atoms with E-state index in [1.807, 2.05) is 43.3 Å². The SMILES string of the molecule is Cc1ccc(S(=O)(=O)O)c([C@H]2C[C@@H](COCc3ccccc3)C2)c1. The molecule has 1 aliphatic rings. The molecule has 0 atom stereocenters. The molecule has 4 nitrogen and oxygen atoms in total. The van der Waals surface area contributed by atoms with Gasteiger partial charge in [-0.05, 0) is 48.8 Å². The largest absolute Gasteiger partial charge is 0.376 e. The molecule has 0 radical (unpaired) electrons. The highest BCUT2D eigenvalue weighted by Crippen LogP contribution is 2.44. The van der Waals surface area contributed by atoms with E-state index >= 15 is 0 Å². The molecule has 0 aliphatic heterocycles. The van der Waals surface area contributed by atoms with Crippen molar-refractivity contribution in [2.45, 2.75) is 37.2 Å². The van der Waals surface area contributed by atoms with E-state index in [9.17, 15) is 13.0 Å². The summed E-state index contributed by atoms with van der Waals surface area (Å²) in [7, 11) is -4.17. The third kappa shape index (κ3) is 4.04. The molecule has 1 fully saturated rings. The van der Waals surface area contributed by atoms with Crippen molar-refractivity contribution in [3.63, 3.8) is 0 Å². The Morgan fingerprint density at radius 1 is 1.12 bits per heavy atom. The quantitative estimate of drug-likeness (QED) is 0.804. The summed E-state index contributed by atoms with van der Waals surface area (Å²) >= 11 is 0. The summed E-state index contributed by atoms with van der Waals surface area (Å²) in [4.78, 5) is 0.0433. The van der Waals surface area contributed by atoms with E-state index in [0.717, 1.165) is 29.5 Å². The predicted octanol–water partition coefficient (Wildman–Crippen LogP) is 3.95. The maximum Gasteiger partial charge on any atom is 0.294 e. The van der Waals surface area contributed by atoms with Gasteiger partial charge >= 0.3 is 0 Å². The van der Waals surface area contributed by atoms with Gasteiger partial charge in [0, 0.05) is 6.61 Å². The first kappa shape index (κ1) is 17.1. The van der Waals surface area contributed by atoms with Crippen molar-refractivity contribution in [1.82, 2.24) is 0 Å². The van der Waals surface area contributed by atoms with Crippen LogP contribution in [0.2, 0.25) is 0 Å². The van der Waals surface area contributed by atoms with Gasteiger partial charge < -0.3 is 4.74 Å². The normalized spacial score (nSPS) is 20.6. The Morgan fingerprint density at radius 3 is 2.50 bits per heavy atom. The molecule has 1 saturated carbocycles. The van der Waals surface area contributed by atoms with Gasteiger partial charge in [-0.1, -0.05) is 48.0 Å². The van der Waals surface area contributed by atoms with Crippen molar-refractivity contribution in [3.05, 3.63) is 65.2 Å². The first-order chi connectivity index (χ1) is 11.4. The number of benzene rings is 2. The Hall–Kier alpha value is -1.69. The zero-order valence-corrected chi connectivity index (χ0v) is 14.5. The summed E-state index contributed by atoms with van der Waals surface area (Å²) in [6, 6.07) is 15.1. The van der Waals surface area contributed by atoms with Gasteiger partial charge in [-0.3, -0.25) is 4.55 Å². The van der Waals surface area contributed by atoms with Crippen LogP contribution in [0.3, 0.4) is 0 Å². The van der Waals surface area contributed by atoms with E-state index < -0.39 is 10.1 Å². The van der Waals surface area contributed by atoms with E-state index in [1.165, 1.54) is 6.07 Å². The smallest absolute Gasteiger partial charge is 0.294 e. The summed E-state index contributed by atoms with van der Waals surface area (Å²) in [5.41, 5.74) is 2.89. The summed E-state index contributed by atoms with van der Waals surface area (Å²) in [5.74, 6) is 0.612. The highest BCUT2D eigenvalue weighted by Gasteiger charge is 2.33. The molecule has 0 amide bonds. The Balaban J connectivity index is 1.56.